The Kier molecular flexibility index (Phi) is 20.3. The van der Waals surface area contributed by atoms with Crippen LogP contribution >= 0.6 is 11.6 Å². The van der Waals surface area contributed by atoms with Crippen molar-refractivity contribution in [3.05, 3.63) is 158 Å². The van der Waals surface area contributed by atoms with E-state index in [-0.39, 0.29) is 24.2 Å². The molecule has 474 valence electrons. The molecule has 0 unspecified atom stereocenters. The Balaban J connectivity index is 0.000000143. The van der Waals surface area contributed by atoms with E-state index in [2.05, 4.69) is 75.7 Å². The predicted molar refractivity (Wildman–Crippen MR) is 353 cm³/mol. The number of benzodiazepines with no additional fused rings is 1. The van der Waals surface area contributed by atoms with E-state index in [4.69, 9.17) is 44.8 Å². The van der Waals surface area contributed by atoms with Gasteiger partial charge in [0.2, 0.25) is 5.91 Å². The number of likely N-dealkylation sites (N-methyl/N-ethyl adjacent to an activating group) is 1. The number of phenols is 1. The van der Waals surface area contributed by atoms with Crippen molar-refractivity contribution in [1.29, 1.82) is 0 Å². The molecule has 0 saturated carbocycles. The number of benzene rings is 6. The van der Waals surface area contributed by atoms with Crippen molar-refractivity contribution in [3.8, 4) is 46.0 Å². The Morgan fingerprint density at radius 2 is 0.978 bits per heavy atom. The standard InChI is InChI=1S/C29H40N2O4.C28H38N2O4.C16H13ClN2O/c1-6-18-17-31-10-8-20-14-27(33-3)29(35-5)16-23(20)25(31)12-21(18)11-24-22-15-28(34-4)26(32-2)13-19(22)7-9-30-24;1-5-17-16-30-9-7-19-13-27(33-3)28(34-4)15-22(19)24(30)11-20(17)10-23-21-14-26(32-2)25(31)12-18(21)6-8-29-23;1-19-14-8-7-12(17)9-13(14)16(18-10-15(19)20)11-5-3-2-4-6-11/h13-16,18,21,24-25,30H,6-12,17H2,1-5H3;12-15,17,20,23-24,29,31H,5-11,16H2,1-4H3;2-9H,10H2,1H3/t18-,21-,24+,25-;17-,20-,23+,24-;/m00./s1. The Labute approximate surface area is 532 Å². The summed E-state index contributed by atoms with van der Waals surface area (Å²) in [4.78, 5) is 23.5. The lowest BCUT2D eigenvalue weighted by molar-refractivity contribution is -0.116. The van der Waals surface area contributed by atoms with Crippen molar-refractivity contribution in [2.24, 2.45) is 28.7 Å². The van der Waals surface area contributed by atoms with Gasteiger partial charge in [0.05, 0.1) is 61.2 Å². The number of methoxy groups -OCH3 is 7. The van der Waals surface area contributed by atoms with Gasteiger partial charge in [-0.3, -0.25) is 19.6 Å². The molecule has 2 saturated heterocycles. The molecule has 7 aliphatic heterocycles. The van der Waals surface area contributed by atoms with Gasteiger partial charge in [0.25, 0.3) is 0 Å². The first-order chi connectivity index (χ1) is 43.3. The fourth-order valence-corrected chi connectivity index (χ4v) is 15.8. The van der Waals surface area contributed by atoms with E-state index in [0.29, 0.717) is 52.6 Å². The molecule has 16 heteroatoms. The van der Waals surface area contributed by atoms with Gasteiger partial charge in [0.1, 0.15) is 6.54 Å². The van der Waals surface area contributed by atoms with E-state index < -0.39 is 0 Å². The molecule has 6 aromatic carbocycles. The van der Waals surface area contributed by atoms with Crippen molar-refractivity contribution in [2.75, 3.05) is 108 Å². The maximum Gasteiger partial charge on any atom is 0.248 e. The number of amides is 1. The number of ether oxygens (including phenoxy) is 7. The van der Waals surface area contributed by atoms with E-state index >= 15 is 0 Å². The molecule has 0 aliphatic carbocycles. The molecule has 2 fully saturated rings. The molecule has 0 bridgehead atoms. The number of carbonyl (C=O) groups is 1. The molecule has 1 amide bonds. The van der Waals surface area contributed by atoms with Crippen molar-refractivity contribution in [3.63, 3.8) is 0 Å². The maximum atomic E-state index is 12.0. The van der Waals surface area contributed by atoms with Crippen LogP contribution in [0.4, 0.5) is 5.69 Å². The predicted octanol–water partition coefficient (Wildman–Crippen LogP) is 12.7. The van der Waals surface area contributed by atoms with Crippen LogP contribution in [0, 0.1) is 23.7 Å². The van der Waals surface area contributed by atoms with E-state index in [1.165, 1.54) is 70.3 Å². The number of rotatable bonds is 14. The minimum atomic E-state index is -0.0282. The highest BCUT2D eigenvalue weighted by Gasteiger charge is 2.42. The summed E-state index contributed by atoms with van der Waals surface area (Å²) in [6, 6.07) is 34.0. The van der Waals surface area contributed by atoms with Crippen LogP contribution in [0.2, 0.25) is 5.02 Å². The largest absolute Gasteiger partial charge is 0.504 e. The van der Waals surface area contributed by atoms with E-state index in [0.717, 1.165) is 135 Å². The number of hydrogen-bond donors (Lipinski definition) is 3. The number of fused-ring (bicyclic) bond motifs is 9. The lowest BCUT2D eigenvalue weighted by atomic mass is 9.72. The van der Waals surface area contributed by atoms with Crippen molar-refractivity contribution in [1.82, 2.24) is 20.4 Å². The summed E-state index contributed by atoms with van der Waals surface area (Å²) in [5.74, 6) is 8.42. The lowest BCUT2D eigenvalue weighted by Gasteiger charge is -2.48. The maximum absolute atomic E-state index is 12.0. The zero-order valence-electron chi connectivity index (χ0n) is 53.8. The summed E-state index contributed by atoms with van der Waals surface area (Å²) in [6.07, 6.45) is 11.1. The van der Waals surface area contributed by atoms with Crippen LogP contribution in [0.15, 0.2) is 102 Å². The van der Waals surface area contributed by atoms with Gasteiger partial charge in [-0.25, -0.2) is 0 Å². The summed E-state index contributed by atoms with van der Waals surface area (Å²) >= 11 is 6.11. The number of piperidine rings is 2. The van der Waals surface area contributed by atoms with Gasteiger partial charge in [0.15, 0.2) is 46.0 Å². The number of aliphatic imine (C=N–C) groups is 1. The van der Waals surface area contributed by atoms with Gasteiger partial charge >= 0.3 is 0 Å². The van der Waals surface area contributed by atoms with E-state index in [1.54, 1.807) is 67.8 Å². The quantitative estimate of drug-likeness (QED) is 0.0951. The topological polar surface area (TPSA) is 148 Å². The minimum Gasteiger partial charge on any atom is -0.504 e. The van der Waals surface area contributed by atoms with Gasteiger partial charge < -0.3 is 53.8 Å². The molecular formula is C73H91ClN6O9. The van der Waals surface area contributed by atoms with Crippen LogP contribution in [-0.2, 0) is 30.5 Å². The summed E-state index contributed by atoms with van der Waals surface area (Å²) in [5.41, 5.74) is 14.4. The summed E-state index contributed by atoms with van der Waals surface area (Å²) in [6.45, 7) is 11.4. The van der Waals surface area contributed by atoms with Crippen LogP contribution in [0.5, 0.6) is 46.0 Å². The zero-order chi connectivity index (χ0) is 62.5. The lowest BCUT2D eigenvalue weighted by Crippen LogP contribution is -2.46. The highest BCUT2D eigenvalue weighted by molar-refractivity contribution is 6.32. The molecule has 15 nitrogen and oxygen atoms in total. The van der Waals surface area contributed by atoms with E-state index in [1.807, 2.05) is 54.6 Å². The van der Waals surface area contributed by atoms with Crippen molar-refractivity contribution < 1.29 is 43.1 Å². The molecule has 13 rings (SSSR count). The first kappa shape index (κ1) is 63.6. The van der Waals surface area contributed by atoms with Gasteiger partial charge in [-0.1, -0.05) is 68.6 Å². The highest BCUT2D eigenvalue weighted by atomic mass is 35.5. The average molecular weight is 1230 g/mol. The Bertz CT molecular complexity index is 3510. The van der Waals surface area contributed by atoms with Crippen LogP contribution in [0.25, 0.3) is 0 Å². The number of carbonyl (C=O) groups excluding carboxylic acids is 1. The van der Waals surface area contributed by atoms with Crippen LogP contribution in [0.3, 0.4) is 0 Å². The summed E-state index contributed by atoms with van der Waals surface area (Å²) in [7, 11) is 13.7. The first-order valence-corrected chi connectivity index (χ1v) is 32.5. The number of anilines is 1. The number of halogens is 1. The molecule has 6 aromatic rings. The number of aromatic hydroxyl groups is 1. The van der Waals surface area contributed by atoms with Crippen molar-refractivity contribution in [2.45, 2.75) is 102 Å². The SMILES string of the molecule is CC[C@H]1CN2CCc3cc(OC)c(OC)cc3[C@@H]2C[C@@H]1C[C@H]1NCCc2cc(O)c(OC)cc21.CC[C@H]1CN2CCc3cc(OC)c(OC)cc3[C@@H]2C[C@@H]1C[C@H]1NCCc2cc(OC)c(OC)cc21.CN1C(=O)CN=C(c2ccccc2)c2cc(Cl)ccc21. The molecule has 89 heavy (non-hydrogen) atoms. The molecule has 3 N–H and O–H groups in total. The number of nitrogens with zero attached hydrogens (tertiary/aromatic N) is 4. The normalized spacial score (nSPS) is 23.4. The molecular weight excluding hydrogens is 1140 g/mol. The molecule has 7 heterocycles. The fourth-order valence-electron chi connectivity index (χ4n) is 15.6. The molecule has 0 radical (unpaired) electrons. The van der Waals surface area contributed by atoms with Gasteiger partial charge in [0, 0.05) is 73.5 Å². The van der Waals surface area contributed by atoms with Gasteiger partial charge in [-0.2, -0.15) is 0 Å². The molecule has 0 aromatic heterocycles. The Hall–Kier alpha value is -7.01. The van der Waals surface area contributed by atoms with E-state index in [9.17, 15) is 9.90 Å². The number of hydrogen-bond acceptors (Lipinski definition) is 14. The smallest absolute Gasteiger partial charge is 0.248 e. The number of nitrogens with one attached hydrogen (secondary N) is 2. The third kappa shape index (κ3) is 13.3. The fraction of sp³-hybridized carbons (Fsp3) is 0.479. The van der Waals surface area contributed by atoms with Crippen LogP contribution in [-0.4, -0.2) is 129 Å². The van der Waals surface area contributed by atoms with Gasteiger partial charge in [-0.15, -0.1) is 0 Å². The monoisotopic (exact) mass is 1230 g/mol. The highest BCUT2D eigenvalue weighted by Crippen LogP contribution is 2.50. The first-order valence-electron chi connectivity index (χ1n) is 32.1. The summed E-state index contributed by atoms with van der Waals surface area (Å²) in [5, 5.41) is 18.5. The molecule has 0 spiro atoms. The molecule has 8 atom stereocenters. The zero-order valence-corrected chi connectivity index (χ0v) is 54.5. The second kappa shape index (κ2) is 28.4. The molecule has 7 aliphatic rings. The second-order valence-electron chi connectivity index (χ2n) is 24.9. The van der Waals surface area contributed by atoms with Crippen molar-refractivity contribution >= 4 is 28.9 Å². The minimum absolute atomic E-state index is 0.0282. The summed E-state index contributed by atoms with van der Waals surface area (Å²) < 4.78 is 39.2. The Morgan fingerprint density at radius 1 is 0.539 bits per heavy atom. The number of phenolic OH excluding ortho intramolecular Hbond substituents is 1. The van der Waals surface area contributed by atoms with Crippen LogP contribution in [0.1, 0.15) is 132 Å². The third-order valence-electron chi connectivity index (χ3n) is 20.5. The average Bonchev–Trinajstić information content (AvgIpc) is 1.66. The second-order valence-corrected chi connectivity index (χ2v) is 25.4. The van der Waals surface area contributed by atoms with Crippen LogP contribution < -0.4 is 48.7 Å². The third-order valence-corrected chi connectivity index (χ3v) is 20.7. The van der Waals surface area contributed by atoms with Gasteiger partial charge in [-0.05, 0) is 199 Å². The Morgan fingerprint density at radius 3 is 1.45 bits per heavy atom.